The molecular formula is C14H25NO3. The lowest BCUT2D eigenvalue weighted by Gasteiger charge is -2.33. The summed E-state index contributed by atoms with van der Waals surface area (Å²) in [6.07, 6.45) is 5.59. The molecule has 0 saturated heterocycles. The summed E-state index contributed by atoms with van der Waals surface area (Å²) >= 11 is 0. The Hall–Kier alpha value is -1.06. The van der Waals surface area contributed by atoms with Crippen molar-refractivity contribution in [2.24, 2.45) is 5.41 Å². The Bertz CT molecular complexity index is 317. The molecule has 0 aromatic rings. The van der Waals surface area contributed by atoms with Crippen molar-refractivity contribution in [1.29, 1.82) is 0 Å². The molecule has 0 radical (unpaired) electrons. The maximum Gasteiger partial charge on any atom is 0.303 e. The lowest BCUT2D eigenvalue weighted by molar-refractivity contribution is -0.138. The summed E-state index contributed by atoms with van der Waals surface area (Å²) in [5.41, 5.74) is -0.652. The number of aliphatic carboxylic acids is 1. The van der Waals surface area contributed by atoms with Gasteiger partial charge in [-0.1, -0.05) is 19.8 Å². The maximum atomic E-state index is 12.4. The average Bonchev–Trinajstić information content (AvgIpc) is 2.76. The molecule has 0 bridgehead atoms. The van der Waals surface area contributed by atoms with E-state index >= 15 is 0 Å². The fraction of sp³-hybridized carbons (Fsp3) is 0.857. The van der Waals surface area contributed by atoms with Gasteiger partial charge >= 0.3 is 5.97 Å². The van der Waals surface area contributed by atoms with Crippen LogP contribution in [0.4, 0.5) is 0 Å². The largest absolute Gasteiger partial charge is 0.481 e. The van der Waals surface area contributed by atoms with Gasteiger partial charge in [0.15, 0.2) is 0 Å². The van der Waals surface area contributed by atoms with Gasteiger partial charge in [0.25, 0.3) is 0 Å². The Morgan fingerprint density at radius 3 is 2.28 bits per heavy atom. The molecule has 0 unspecified atom stereocenters. The molecule has 4 nitrogen and oxygen atoms in total. The lowest BCUT2D eigenvalue weighted by atomic mass is 9.81. The minimum atomic E-state index is -0.816. The van der Waals surface area contributed by atoms with E-state index in [0.717, 1.165) is 32.1 Å². The van der Waals surface area contributed by atoms with E-state index in [-0.39, 0.29) is 17.7 Å². The molecule has 0 aliphatic heterocycles. The highest BCUT2D eigenvalue weighted by atomic mass is 16.4. The van der Waals surface area contributed by atoms with Crippen LogP contribution >= 0.6 is 0 Å². The summed E-state index contributed by atoms with van der Waals surface area (Å²) in [5, 5.41) is 11.7. The molecule has 1 aliphatic carbocycles. The topological polar surface area (TPSA) is 66.4 Å². The number of hydrogen-bond acceptors (Lipinski definition) is 2. The van der Waals surface area contributed by atoms with Crippen LogP contribution in [0.5, 0.6) is 0 Å². The smallest absolute Gasteiger partial charge is 0.303 e. The molecule has 1 aliphatic rings. The second-order valence-corrected chi connectivity index (χ2v) is 6.07. The first kappa shape index (κ1) is 15.0. The minimum absolute atomic E-state index is 0.0897. The Morgan fingerprint density at radius 1 is 1.28 bits per heavy atom. The SMILES string of the molecule is CCC1(C(=O)NC(C)(C)CCC(=O)O)CCCC1. The molecule has 0 aromatic heterocycles. The Labute approximate surface area is 109 Å². The molecule has 0 heterocycles. The predicted octanol–water partition coefficient (Wildman–Crippen LogP) is 2.72. The van der Waals surface area contributed by atoms with Gasteiger partial charge in [0.1, 0.15) is 0 Å². The molecule has 2 N–H and O–H groups in total. The molecule has 0 aromatic carbocycles. The third kappa shape index (κ3) is 3.72. The van der Waals surface area contributed by atoms with E-state index in [2.05, 4.69) is 12.2 Å². The van der Waals surface area contributed by atoms with Gasteiger partial charge in [-0.15, -0.1) is 0 Å². The first-order valence-corrected chi connectivity index (χ1v) is 6.86. The predicted molar refractivity (Wildman–Crippen MR) is 70.3 cm³/mol. The van der Waals surface area contributed by atoms with Crippen LogP contribution in [0.1, 0.15) is 65.7 Å². The summed E-state index contributed by atoms with van der Waals surface area (Å²) in [7, 11) is 0. The highest BCUT2D eigenvalue weighted by Crippen LogP contribution is 2.41. The van der Waals surface area contributed by atoms with Crippen LogP contribution in [-0.4, -0.2) is 22.5 Å². The van der Waals surface area contributed by atoms with Crippen LogP contribution in [0, 0.1) is 5.41 Å². The zero-order valence-electron chi connectivity index (χ0n) is 11.7. The number of nitrogens with one attached hydrogen (secondary N) is 1. The van der Waals surface area contributed by atoms with Crippen molar-refractivity contribution in [2.45, 2.75) is 71.3 Å². The van der Waals surface area contributed by atoms with Gasteiger partial charge in [-0.05, 0) is 39.5 Å². The number of carbonyl (C=O) groups is 2. The first-order chi connectivity index (χ1) is 8.31. The van der Waals surface area contributed by atoms with Crippen LogP contribution in [-0.2, 0) is 9.59 Å². The molecular weight excluding hydrogens is 230 g/mol. The van der Waals surface area contributed by atoms with E-state index < -0.39 is 11.5 Å². The molecule has 1 rings (SSSR count). The van der Waals surface area contributed by atoms with Crippen LogP contribution in [0.3, 0.4) is 0 Å². The van der Waals surface area contributed by atoms with E-state index in [4.69, 9.17) is 5.11 Å². The summed E-state index contributed by atoms with van der Waals surface area (Å²) < 4.78 is 0. The molecule has 18 heavy (non-hydrogen) atoms. The van der Waals surface area contributed by atoms with E-state index in [1.807, 2.05) is 13.8 Å². The van der Waals surface area contributed by atoms with Gasteiger partial charge in [-0.2, -0.15) is 0 Å². The van der Waals surface area contributed by atoms with E-state index in [9.17, 15) is 9.59 Å². The third-order valence-electron chi connectivity index (χ3n) is 4.13. The summed E-state index contributed by atoms with van der Waals surface area (Å²) in [6, 6.07) is 0. The lowest BCUT2D eigenvalue weighted by Crippen LogP contribution is -2.50. The Morgan fingerprint density at radius 2 is 1.83 bits per heavy atom. The molecule has 0 spiro atoms. The third-order valence-corrected chi connectivity index (χ3v) is 4.13. The molecule has 1 fully saturated rings. The van der Waals surface area contributed by atoms with E-state index in [1.165, 1.54) is 0 Å². The van der Waals surface area contributed by atoms with Gasteiger partial charge in [0.05, 0.1) is 0 Å². The number of hydrogen-bond donors (Lipinski definition) is 2. The first-order valence-electron chi connectivity index (χ1n) is 6.86. The van der Waals surface area contributed by atoms with E-state index in [0.29, 0.717) is 6.42 Å². The van der Waals surface area contributed by atoms with Gasteiger partial charge < -0.3 is 10.4 Å². The summed E-state index contributed by atoms with van der Waals surface area (Å²) in [5.74, 6) is -0.707. The van der Waals surface area contributed by atoms with E-state index in [1.54, 1.807) is 0 Å². The van der Waals surface area contributed by atoms with Crippen LogP contribution in [0.2, 0.25) is 0 Å². The number of amides is 1. The van der Waals surface area contributed by atoms with Gasteiger partial charge in [0.2, 0.25) is 5.91 Å². The Balaban J connectivity index is 2.59. The number of carboxylic acids is 1. The Kier molecular flexibility index (Phi) is 4.77. The van der Waals surface area contributed by atoms with Crippen molar-refractivity contribution in [2.75, 3.05) is 0 Å². The second kappa shape index (κ2) is 5.72. The molecule has 1 saturated carbocycles. The van der Waals surface area contributed by atoms with Crippen molar-refractivity contribution >= 4 is 11.9 Å². The van der Waals surface area contributed by atoms with Crippen molar-refractivity contribution in [1.82, 2.24) is 5.32 Å². The van der Waals surface area contributed by atoms with Crippen molar-refractivity contribution in [3.8, 4) is 0 Å². The fourth-order valence-electron chi connectivity index (χ4n) is 2.71. The molecule has 0 atom stereocenters. The summed E-state index contributed by atoms with van der Waals surface area (Å²) in [4.78, 5) is 23.0. The normalized spacial score (nSPS) is 18.6. The second-order valence-electron chi connectivity index (χ2n) is 6.07. The van der Waals surface area contributed by atoms with Crippen molar-refractivity contribution in [3.63, 3.8) is 0 Å². The quantitative estimate of drug-likeness (QED) is 0.767. The summed E-state index contributed by atoms with van der Waals surface area (Å²) in [6.45, 7) is 5.85. The van der Waals surface area contributed by atoms with Crippen LogP contribution in [0.25, 0.3) is 0 Å². The highest BCUT2D eigenvalue weighted by molar-refractivity contribution is 5.83. The molecule has 4 heteroatoms. The number of carboxylic acid groups (broad SMARTS) is 1. The maximum absolute atomic E-state index is 12.4. The standard InChI is InChI=1S/C14H25NO3/c1-4-14(8-5-6-9-14)12(18)15-13(2,3)10-7-11(16)17/h4-10H2,1-3H3,(H,15,18)(H,16,17). The van der Waals surface area contributed by atoms with Gasteiger partial charge in [-0.25, -0.2) is 0 Å². The van der Waals surface area contributed by atoms with Crippen molar-refractivity contribution < 1.29 is 14.7 Å². The van der Waals surface area contributed by atoms with Gasteiger partial charge in [0, 0.05) is 17.4 Å². The van der Waals surface area contributed by atoms with Crippen LogP contribution < -0.4 is 5.32 Å². The zero-order valence-corrected chi connectivity index (χ0v) is 11.7. The van der Waals surface area contributed by atoms with Gasteiger partial charge in [-0.3, -0.25) is 9.59 Å². The highest BCUT2D eigenvalue weighted by Gasteiger charge is 2.41. The molecule has 104 valence electrons. The minimum Gasteiger partial charge on any atom is -0.481 e. The zero-order chi connectivity index (χ0) is 13.8. The monoisotopic (exact) mass is 255 g/mol. The fourth-order valence-corrected chi connectivity index (χ4v) is 2.71. The number of carbonyl (C=O) groups excluding carboxylic acids is 1. The average molecular weight is 255 g/mol. The number of rotatable bonds is 6. The molecule has 1 amide bonds. The van der Waals surface area contributed by atoms with Crippen LogP contribution in [0.15, 0.2) is 0 Å². The van der Waals surface area contributed by atoms with Crippen molar-refractivity contribution in [3.05, 3.63) is 0 Å².